The van der Waals surface area contributed by atoms with Crippen molar-refractivity contribution in [1.82, 2.24) is 29.8 Å². The average molecular weight is 448 g/mol. The zero-order chi connectivity index (χ0) is 21.9. The number of aromatic nitrogens is 5. The number of nitrogens with zero attached hydrogens (tertiary/aromatic N) is 6. The maximum atomic E-state index is 13.5. The van der Waals surface area contributed by atoms with Gasteiger partial charge in [0.2, 0.25) is 17.7 Å². The first-order chi connectivity index (χ1) is 14.7. The second-order valence-electron chi connectivity index (χ2n) is 8.35. The highest BCUT2D eigenvalue weighted by atomic mass is 32.1. The summed E-state index contributed by atoms with van der Waals surface area (Å²) in [6, 6.07) is 1.57. The first-order valence-electron chi connectivity index (χ1n) is 10.2. The molecule has 3 aromatic rings. The molecule has 2 atom stereocenters. The second-order valence-corrected chi connectivity index (χ2v) is 9.29. The second kappa shape index (κ2) is 7.18. The Hall–Kier alpha value is -2.69. The molecule has 4 heterocycles. The number of carbonyl (C=O) groups is 1. The van der Waals surface area contributed by atoms with E-state index in [4.69, 9.17) is 4.52 Å². The number of rotatable bonds is 4. The zero-order valence-corrected chi connectivity index (χ0v) is 18.2. The molecule has 2 aliphatic rings. The first kappa shape index (κ1) is 20.2. The Balaban J connectivity index is 1.41. The molecule has 8 nitrogen and oxygen atoms in total. The molecule has 31 heavy (non-hydrogen) atoms. The summed E-state index contributed by atoms with van der Waals surface area (Å²) in [6.45, 7) is 4.18. The van der Waals surface area contributed by atoms with Crippen LogP contribution in [-0.2, 0) is 18.3 Å². The fraction of sp³-hybridized carbons (Fsp3) is 0.550. The molecule has 0 spiro atoms. The van der Waals surface area contributed by atoms with Gasteiger partial charge in [-0.3, -0.25) is 9.48 Å². The summed E-state index contributed by atoms with van der Waals surface area (Å²) in [6.07, 6.45) is 0.148. The first-order valence-corrected chi connectivity index (χ1v) is 11.1. The van der Waals surface area contributed by atoms with Gasteiger partial charge in [-0.1, -0.05) is 5.16 Å². The van der Waals surface area contributed by atoms with E-state index in [1.165, 1.54) is 0 Å². The van der Waals surface area contributed by atoms with Crippen LogP contribution in [0.15, 0.2) is 16.1 Å². The van der Waals surface area contributed by atoms with Crippen LogP contribution < -0.4 is 0 Å². The van der Waals surface area contributed by atoms with Crippen molar-refractivity contribution in [2.45, 2.75) is 56.9 Å². The number of alkyl halides is 2. The largest absolute Gasteiger partial charge is 0.338 e. The Bertz CT molecular complexity index is 1110. The van der Waals surface area contributed by atoms with Crippen LogP contribution >= 0.6 is 11.3 Å². The van der Waals surface area contributed by atoms with Crippen molar-refractivity contribution in [3.63, 3.8) is 0 Å². The number of thiazole rings is 1. The molecule has 1 aliphatic heterocycles. The third-order valence-corrected chi connectivity index (χ3v) is 7.08. The number of halogens is 2. The van der Waals surface area contributed by atoms with Crippen LogP contribution in [0.2, 0.25) is 0 Å². The Kier molecular flexibility index (Phi) is 4.68. The van der Waals surface area contributed by atoms with Gasteiger partial charge in [-0.25, -0.2) is 13.8 Å². The molecular weight excluding hydrogens is 426 g/mol. The van der Waals surface area contributed by atoms with E-state index in [-0.39, 0.29) is 30.5 Å². The highest BCUT2D eigenvalue weighted by molar-refractivity contribution is 7.09. The molecule has 1 saturated carbocycles. The van der Waals surface area contributed by atoms with E-state index in [1.54, 1.807) is 33.4 Å². The summed E-state index contributed by atoms with van der Waals surface area (Å²) in [4.78, 5) is 25.2. The van der Waals surface area contributed by atoms with Crippen LogP contribution in [0.3, 0.4) is 0 Å². The summed E-state index contributed by atoms with van der Waals surface area (Å²) in [5.41, 5.74) is 4.38. The Morgan fingerprint density at radius 3 is 2.84 bits per heavy atom. The SMILES string of the molecule is Cc1cc(C2c3ncsc3CCN2C(=O)C(C)c2nc(C3CC(F)(F)C3)no2)nn1C. The lowest BCUT2D eigenvalue weighted by Crippen LogP contribution is -2.42. The van der Waals surface area contributed by atoms with Crippen molar-refractivity contribution in [2.24, 2.45) is 7.05 Å². The van der Waals surface area contributed by atoms with E-state index in [9.17, 15) is 13.6 Å². The summed E-state index contributed by atoms with van der Waals surface area (Å²) in [7, 11) is 1.86. The Morgan fingerprint density at radius 2 is 2.16 bits per heavy atom. The van der Waals surface area contributed by atoms with Gasteiger partial charge in [-0.15, -0.1) is 11.3 Å². The molecule has 0 saturated heterocycles. The molecule has 2 unspecified atom stereocenters. The quantitative estimate of drug-likeness (QED) is 0.608. The minimum Gasteiger partial charge on any atom is -0.338 e. The smallest absolute Gasteiger partial charge is 0.249 e. The van der Waals surface area contributed by atoms with Crippen molar-refractivity contribution in [3.05, 3.63) is 45.3 Å². The number of hydrogen-bond donors (Lipinski definition) is 0. The van der Waals surface area contributed by atoms with Crippen LogP contribution in [0.5, 0.6) is 0 Å². The normalized spacial score (nSPS) is 21.6. The number of aryl methyl sites for hydroxylation is 2. The molecule has 5 rings (SSSR count). The van der Waals surface area contributed by atoms with Crippen molar-refractivity contribution in [2.75, 3.05) is 6.54 Å². The molecule has 3 aromatic heterocycles. The highest BCUT2D eigenvalue weighted by Crippen LogP contribution is 2.47. The topological polar surface area (TPSA) is 89.9 Å². The summed E-state index contributed by atoms with van der Waals surface area (Å²) < 4.78 is 33.4. The van der Waals surface area contributed by atoms with Crippen LogP contribution in [-0.4, -0.2) is 48.2 Å². The average Bonchev–Trinajstić information content (AvgIpc) is 3.44. The van der Waals surface area contributed by atoms with Gasteiger partial charge in [-0.2, -0.15) is 10.1 Å². The number of fused-ring (bicyclic) bond motifs is 1. The van der Waals surface area contributed by atoms with E-state index in [0.29, 0.717) is 13.0 Å². The third-order valence-electron chi connectivity index (χ3n) is 6.17. The predicted molar refractivity (Wildman–Crippen MR) is 107 cm³/mol. The number of carbonyl (C=O) groups excluding carboxylic acids is 1. The molecule has 1 aliphatic carbocycles. The highest BCUT2D eigenvalue weighted by Gasteiger charge is 2.48. The lowest BCUT2D eigenvalue weighted by Gasteiger charge is -2.35. The van der Waals surface area contributed by atoms with Gasteiger partial charge < -0.3 is 9.42 Å². The molecule has 0 bridgehead atoms. The van der Waals surface area contributed by atoms with Gasteiger partial charge in [0, 0.05) is 49.3 Å². The molecule has 1 amide bonds. The van der Waals surface area contributed by atoms with Crippen molar-refractivity contribution < 1.29 is 18.1 Å². The summed E-state index contributed by atoms with van der Waals surface area (Å²) in [5.74, 6) is -3.57. The lowest BCUT2D eigenvalue weighted by atomic mass is 9.81. The van der Waals surface area contributed by atoms with Crippen LogP contribution in [0.1, 0.15) is 71.3 Å². The molecule has 0 aromatic carbocycles. The van der Waals surface area contributed by atoms with Gasteiger partial charge in [0.05, 0.1) is 16.9 Å². The van der Waals surface area contributed by atoms with Crippen LogP contribution in [0, 0.1) is 6.92 Å². The summed E-state index contributed by atoms with van der Waals surface area (Å²) >= 11 is 1.58. The lowest BCUT2D eigenvalue weighted by molar-refractivity contribution is -0.135. The van der Waals surface area contributed by atoms with Crippen LogP contribution in [0.25, 0.3) is 0 Å². The minimum atomic E-state index is -2.67. The van der Waals surface area contributed by atoms with Crippen LogP contribution in [0.4, 0.5) is 8.78 Å². The fourth-order valence-corrected chi connectivity index (χ4v) is 5.02. The van der Waals surface area contributed by atoms with E-state index in [2.05, 4.69) is 20.2 Å². The zero-order valence-electron chi connectivity index (χ0n) is 17.4. The van der Waals surface area contributed by atoms with Crippen molar-refractivity contribution in [1.29, 1.82) is 0 Å². The molecule has 1 fully saturated rings. The summed E-state index contributed by atoms with van der Waals surface area (Å²) in [5, 5.41) is 8.46. The molecular formula is C20H22F2N6O2S. The molecule has 0 N–H and O–H groups in total. The van der Waals surface area contributed by atoms with Gasteiger partial charge in [0.15, 0.2) is 5.82 Å². The van der Waals surface area contributed by atoms with E-state index in [1.807, 2.05) is 20.0 Å². The standard InChI is InChI=1S/C20H22F2N6O2S/c1-10-6-13(25-27(10)3)16-15-14(31-9-23-15)4-5-28(16)19(29)11(2)18-24-17(26-30-18)12-7-20(21,22)8-12/h6,9,11-12,16H,4-5,7-8H2,1-3H3. The van der Waals surface area contributed by atoms with Crippen molar-refractivity contribution >= 4 is 17.2 Å². The molecule has 0 radical (unpaired) electrons. The monoisotopic (exact) mass is 448 g/mol. The van der Waals surface area contributed by atoms with E-state index >= 15 is 0 Å². The van der Waals surface area contributed by atoms with Crippen molar-refractivity contribution in [3.8, 4) is 0 Å². The van der Waals surface area contributed by atoms with Gasteiger partial charge >= 0.3 is 0 Å². The van der Waals surface area contributed by atoms with E-state index < -0.39 is 23.8 Å². The van der Waals surface area contributed by atoms with Gasteiger partial charge in [0.25, 0.3) is 0 Å². The fourth-order valence-electron chi connectivity index (χ4n) is 4.23. The minimum absolute atomic E-state index is 0.148. The maximum Gasteiger partial charge on any atom is 0.249 e. The van der Waals surface area contributed by atoms with Gasteiger partial charge in [0.1, 0.15) is 12.0 Å². The Labute approximate surface area is 181 Å². The maximum absolute atomic E-state index is 13.5. The van der Waals surface area contributed by atoms with Gasteiger partial charge in [-0.05, 0) is 19.9 Å². The predicted octanol–water partition coefficient (Wildman–Crippen LogP) is 3.36. The number of amides is 1. The molecule has 164 valence electrons. The van der Waals surface area contributed by atoms with E-state index in [0.717, 1.165) is 22.0 Å². The molecule has 11 heteroatoms. The third kappa shape index (κ3) is 3.44. The Morgan fingerprint density at radius 1 is 1.39 bits per heavy atom. The number of hydrogen-bond acceptors (Lipinski definition) is 7.